The van der Waals surface area contributed by atoms with Gasteiger partial charge in [0, 0.05) is 19.3 Å². The molecule has 72 heavy (non-hydrogen) atoms. The molecule has 0 aliphatic heterocycles. The highest BCUT2D eigenvalue weighted by molar-refractivity contribution is 7.47. The Kier molecular flexibility index (Phi) is 52.7. The Morgan fingerprint density at radius 2 is 0.722 bits per heavy atom. The van der Waals surface area contributed by atoms with Gasteiger partial charge in [0.1, 0.15) is 12.7 Å². The molecule has 0 aromatic carbocycles. The number of aliphatic hydroxyl groups is 1. The number of esters is 3. The molecule has 0 saturated carbocycles. The first-order valence-electron chi connectivity index (χ1n) is 29.5. The summed E-state index contributed by atoms with van der Waals surface area (Å²) in [6, 6.07) is 0. The Morgan fingerprint density at radius 1 is 0.403 bits per heavy atom. The van der Waals surface area contributed by atoms with Crippen molar-refractivity contribution in [2.45, 2.75) is 290 Å². The number of phosphoric ester groups is 1. The minimum Gasteiger partial charge on any atom is -0.462 e. The third-order valence-corrected chi connectivity index (χ3v) is 13.7. The number of ether oxygens (including phenoxy) is 3. The first kappa shape index (κ1) is 69.4. The summed E-state index contributed by atoms with van der Waals surface area (Å²) < 4.78 is 39.5. The van der Waals surface area contributed by atoms with Crippen molar-refractivity contribution in [2.24, 2.45) is 0 Å². The number of carbonyl (C=O) groups excluding carboxylic acids is 3. The van der Waals surface area contributed by atoms with Crippen molar-refractivity contribution in [3.63, 3.8) is 0 Å². The second kappa shape index (κ2) is 54.7. The summed E-state index contributed by atoms with van der Waals surface area (Å²) in [6.07, 6.45) is 57.9. The zero-order chi connectivity index (χ0) is 52.7. The molecule has 0 amide bonds. The predicted octanol–water partition coefficient (Wildman–Crippen LogP) is 17.4. The van der Waals surface area contributed by atoms with E-state index in [-0.39, 0.29) is 25.9 Å². The van der Waals surface area contributed by atoms with E-state index in [1.807, 2.05) is 0 Å². The summed E-state index contributed by atoms with van der Waals surface area (Å²) in [5.74, 6) is -1.46. The molecule has 0 aliphatic carbocycles. The van der Waals surface area contributed by atoms with Crippen LogP contribution in [-0.2, 0) is 42.2 Å². The van der Waals surface area contributed by atoms with Crippen LogP contribution in [0.4, 0.5) is 0 Å². The van der Waals surface area contributed by atoms with Crippen LogP contribution in [0.5, 0.6) is 0 Å². The van der Waals surface area contributed by atoms with Crippen molar-refractivity contribution in [2.75, 3.05) is 26.4 Å². The van der Waals surface area contributed by atoms with Gasteiger partial charge in [-0.2, -0.15) is 0 Å². The molecule has 0 bridgehead atoms. The summed E-state index contributed by atoms with van der Waals surface area (Å²) in [7, 11) is -4.74. The molecule has 0 spiro atoms. The number of unbranched alkanes of at least 4 members (excludes halogenated alkanes) is 30. The molecule has 0 saturated heterocycles. The molecule has 12 heteroatoms. The van der Waals surface area contributed by atoms with Crippen molar-refractivity contribution in [3.8, 4) is 0 Å². The highest BCUT2D eigenvalue weighted by atomic mass is 31.2. The van der Waals surface area contributed by atoms with Crippen LogP contribution < -0.4 is 0 Å². The van der Waals surface area contributed by atoms with Crippen LogP contribution in [0.3, 0.4) is 0 Å². The molecule has 0 heterocycles. The van der Waals surface area contributed by atoms with Crippen LogP contribution in [0.1, 0.15) is 278 Å². The molecule has 0 aliphatic rings. The minimum atomic E-state index is -4.74. The van der Waals surface area contributed by atoms with Crippen LogP contribution in [0.2, 0.25) is 0 Å². The summed E-state index contributed by atoms with van der Waals surface area (Å²) in [5, 5.41) is 9.78. The van der Waals surface area contributed by atoms with E-state index in [1.54, 1.807) is 0 Å². The molecular weight excluding hydrogens is 928 g/mol. The largest absolute Gasteiger partial charge is 0.472 e. The Morgan fingerprint density at radius 3 is 1.11 bits per heavy atom. The van der Waals surface area contributed by atoms with E-state index in [0.29, 0.717) is 19.3 Å². The number of rotatable bonds is 55. The van der Waals surface area contributed by atoms with E-state index >= 15 is 0 Å². The molecule has 0 aromatic heterocycles. The number of allylic oxidation sites excluding steroid dienone is 8. The number of hydrogen-bond donors (Lipinski definition) is 2. The first-order valence-corrected chi connectivity index (χ1v) is 31.0. The fourth-order valence-electron chi connectivity index (χ4n) is 8.29. The lowest BCUT2D eigenvalue weighted by Gasteiger charge is -2.21. The number of hydrogen-bond acceptors (Lipinski definition) is 10. The number of carbonyl (C=O) groups is 3. The topological polar surface area (TPSA) is 155 Å². The predicted molar refractivity (Wildman–Crippen MR) is 298 cm³/mol. The second-order valence-corrected chi connectivity index (χ2v) is 21.2. The van der Waals surface area contributed by atoms with Crippen LogP contribution in [0.15, 0.2) is 48.6 Å². The lowest BCUT2D eigenvalue weighted by Crippen LogP contribution is -2.30. The van der Waals surface area contributed by atoms with Crippen LogP contribution in [0, 0.1) is 0 Å². The molecule has 11 nitrogen and oxygen atoms in total. The van der Waals surface area contributed by atoms with Crippen molar-refractivity contribution < 1.29 is 52.2 Å². The third kappa shape index (κ3) is 52.3. The van der Waals surface area contributed by atoms with Gasteiger partial charge in [0.25, 0.3) is 0 Å². The van der Waals surface area contributed by atoms with Gasteiger partial charge < -0.3 is 24.2 Å². The van der Waals surface area contributed by atoms with Gasteiger partial charge in [0.2, 0.25) is 0 Å². The number of aliphatic hydroxyl groups excluding tert-OH is 1. The maximum absolute atomic E-state index is 12.9. The number of phosphoric acid groups is 1. The lowest BCUT2D eigenvalue weighted by atomic mass is 10.0. The Bertz CT molecular complexity index is 1400. The van der Waals surface area contributed by atoms with Gasteiger partial charge in [-0.05, 0) is 57.8 Å². The standard InChI is InChI=1S/C60H109O11P/c1-4-7-10-13-16-19-21-23-25-27-28-30-31-33-35-38-40-43-46-49-58(62)67-53-57(71-60(64)51-48-45-42-39-36-34-32-29-26-24-22-20-17-14-11-8-5-2)55-69-72(65,66)68-54-56(52-61)70-59(63)50-47-44-41-37-18-15-12-9-6-3/h7,10,16,19,23,25,28,30,56-57,61H,4-6,8-9,11-15,17-18,20-22,24,26-27,29,31-55H2,1-3H3,(H,65,66)/b10-7-,19-16-,25-23-,30-28-. The SMILES string of the molecule is CC/C=C\C/C=C\C/C=C\C/C=C\CCCCCCCCC(=O)OCC(COP(=O)(O)OCC(CO)OC(=O)CCCCCCCCCCC)OC(=O)CCCCCCCCCCCCCCCCCCC. The maximum Gasteiger partial charge on any atom is 0.472 e. The van der Waals surface area contributed by atoms with Crippen molar-refractivity contribution >= 4 is 25.7 Å². The molecule has 0 radical (unpaired) electrons. The smallest absolute Gasteiger partial charge is 0.462 e. The fraction of sp³-hybridized carbons (Fsp3) is 0.817. The third-order valence-electron chi connectivity index (χ3n) is 12.8. The maximum atomic E-state index is 12.9. The van der Waals surface area contributed by atoms with Gasteiger partial charge in [0.05, 0.1) is 19.8 Å². The van der Waals surface area contributed by atoms with E-state index in [4.69, 9.17) is 23.3 Å². The summed E-state index contributed by atoms with van der Waals surface area (Å²) in [6.45, 7) is 4.53. The van der Waals surface area contributed by atoms with E-state index in [9.17, 15) is 28.9 Å². The van der Waals surface area contributed by atoms with Crippen molar-refractivity contribution in [1.29, 1.82) is 0 Å². The van der Waals surface area contributed by atoms with E-state index in [0.717, 1.165) is 103 Å². The van der Waals surface area contributed by atoms with E-state index in [1.165, 1.54) is 116 Å². The quantitative estimate of drug-likeness (QED) is 0.0197. The Balaban J connectivity index is 4.70. The van der Waals surface area contributed by atoms with E-state index in [2.05, 4.69) is 69.4 Å². The molecule has 0 fully saturated rings. The summed E-state index contributed by atoms with van der Waals surface area (Å²) in [5.41, 5.74) is 0. The zero-order valence-electron chi connectivity index (χ0n) is 46.4. The van der Waals surface area contributed by atoms with Gasteiger partial charge in [-0.25, -0.2) is 4.57 Å². The lowest BCUT2D eigenvalue weighted by molar-refractivity contribution is -0.161. The van der Waals surface area contributed by atoms with Crippen LogP contribution in [-0.4, -0.2) is 66.5 Å². The molecule has 3 unspecified atom stereocenters. The van der Waals surface area contributed by atoms with Crippen molar-refractivity contribution in [3.05, 3.63) is 48.6 Å². The molecule has 3 atom stereocenters. The van der Waals surface area contributed by atoms with Crippen LogP contribution in [0.25, 0.3) is 0 Å². The molecule has 420 valence electrons. The monoisotopic (exact) mass is 1040 g/mol. The summed E-state index contributed by atoms with van der Waals surface area (Å²) >= 11 is 0. The first-order chi connectivity index (χ1) is 35.2. The average Bonchev–Trinajstić information content (AvgIpc) is 3.37. The summed E-state index contributed by atoms with van der Waals surface area (Å²) in [4.78, 5) is 48.5. The van der Waals surface area contributed by atoms with E-state index < -0.39 is 57.8 Å². The fourth-order valence-corrected chi connectivity index (χ4v) is 9.07. The molecule has 0 aromatic rings. The Hall–Kier alpha value is -2.56. The highest BCUT2D eigenvalue weighted by Gasteiger charge is 2.28. The normalized spacial score (nSPS) is 13.7. The molecular formula is C60H109O11P. The zero-order valence-corrected chi connectivity index (χ0v) is 47.3. The van der Waals surface area contributed by atoms with Gasteiger partial charge in [-0.15, -0.1) is 0 Å². The average molecular weight is 1040 g/mol. The van der Waals surface area contributed by atoms with Gasteiger partial charge in [-0.1, -0.05) is 249 Å². The van der Waals surface area contributed by atoms with Gasteiger partial charge in [-0.3, -0.25) is 23.4 Å². The Labute approximate surface area is 441 Å². The van der Waals surface area contributed by atoms with Crippen LogP contribution >= 0.6 is 7.82 Å². The second-order valence-electron chi connectivity index (χ2n) is 19.8. The van der Waals surface area contributed by atoms with Crippen molar-refractivity contribution in [1.82, 2.24) is 0 Å². The van der Waals surface area contributed by atoms with Gasteiger partial charge in [0.15, 0.2) is 6.10 Å². The minimum absolute atomic E-state index is 0.169. The molecule has 2 N–H and O–H groups in total. The highest BCUT2D eigenvalue weighted by Crippen LogP contribution is 2.43. The molecule has 0 rings (SSSR count). The van der Waals surface area contributed by atoms with Gasteiger partial charge >= 0.3 is 25.7 Å².